The van der Waals surface area contributed by atoms with Gasteiger partial charge >= 0.3 is 5.97 Å². The first-order chi connectivity index (χ1) is 12.8. The van der Waals surface area contributed by atoms with Crippen LogP contribution in [0.15, 0.2) is 0 Å². The molecule has 156 valence electrons. The molecular formula is C20H37N3O4. The van der Waals surface area contributed by atoms with E-state index in [0.717, 1.165) is 32.1 Å². The molecule has 0 saturated carbocycles. The Bertz CT molecular complexity index is 498. The number of hydrogen-bond donors (Lipinski definition) is 3. The van der Waals surface area contributed by atoms with Gasteiger partial charge in [-0.1, -0.05) is 46.5 Å². The third kappa shape index (κ3) is 7.13. The number of hydrazine groups is 1. The fourth-order valence-electron chi connectivity index (χ4n) is 3.71. The number of rotatable bonds is 11. The summed E-state index contributed by atoms with van der Waals surface area (Å²) in [5.41, 5.74) is 3.07. The minimum atomic E-state index is -0.888. The number of carbonyl (C=O) groups is 3. The number of carboxylic acid groups (broad SMARTS) is 1. The van der Waals surface area contributed by atoms with Crippen LogP contribution in [0.5, 0.6) is 0 Å². The second-order valence-electron chi connectivity index (χ2n) is 7.80. The molecule has 0 aromatic rings. The van der Waals surface area contributed by atoms with E-state index in [0.29, 0.717) is 19.4 Å². The summed E-state index contributed by atoms with van der Waals surface area (Å²) < 4.78 is 0. The first-order valence-corrected chi connectivity index (χ1v) is 10.3. The number of hydrogen-bond acceptors (Lipinski definition) is 4. The minimum Gasteiger partial charge on any atom is -0.481 e. The summed E-state index contributed by atoms with van der Waals surface area (Å²) in [6, 6.07) is -0.536. The molecule has 0 spiro atoms. The maximum atomic E-state index is 13.3. The monoisotopic (exact) mass is 383 g/mol. The van der Waals surface area contributed by atoms with Gasteiger partial charge in [0.25, 0.3) is 0 Å². The van der Waals surface area contributed by atoms with Crippen LogP contribution in [0.1, 0.15) is 72.1 Å². The zero-order chi connectivity index (χ0) is 20.4. The van der Waals surface area contributed by atoms with Crippen molar-refractivity contribution in [2.75, 3.05) is 13.6 Å². The Kier molecular flexibility index (Phi) is 10.4. The lowest BCUT2D eigenvalue weighted by atomic mass is 9.82. The number of carbonyl (C=O) groups excluding carboxylic acids is 2. The van der Waals surface area contributed by atoms with Crippen molar-refractivity contribution in [1.29, 1.82) is 0 Å². The van der Waals surface area contributed by atoms with Gasteiger partial charge in [0.05, 0.1) is 5.92 Å². The Hall–Kier alpha value is -1.63. The van der Waals surface area contributed by atoms with Gasteiger partial charge in [0, 0.05) is 19.5 Å². The molecule has 3 N–H and O–H groups in total. The van der Waals surface area contributed by atoms with Gasteiger partial charge in [-0.05, 0) is 31.6 Å². The molecule has 4 atom stereocenters. The molecule has 0 radical (unpaired) electrons. The SMILES string of the molecule is CCCCCCC(C)[C@@H](C[C@H](C)C(=O)O)C(=O)N1NCCC[C@H]1C(=O)NC. The standard InChI is InChI=1S/C20H37N3O4/c1-5-6-7-8-10-14(2)16(13-15(3)20(26)27)19(25)23-17(18(24)21-4)11-9-12-22-23/h14-17,22H,5-13H2,1-4H3,(H,21,24)(H,26,27)/t14?,15-,16+,17-/m0/s1. The van der Waals surface area contributed by atoms with Crippen LogP contribution >= 0.6 is 0 Å². The second kappa shape index (κ2) is 12.0. The average Bonchev–Trinajstić information content (AvgIpc) is 2.67. The highest BCUT2D eigenvalue weighted by molar-refractivity contribution is 5.88. The van der Waals surface area contributed by atoms with Gasteiger partial charge in [0.15, 0.2) is 0 Å². The van der Waals surface area contributed by atoms with Crippen LogP contribution in [0.2, 0.25) is 0 Å². The van der Waals surface area contributed by atoms with Gasteiger partial charge < -0.3 is 10.4 Å². The molecule has 0 aromatic carbocycles. The molecule has 1 fully saturated rings. The van der Waals surface area contributed by atoms with E-state index in [1.54, 1.807) is 14.0 Å². The van der Waals surface area contributed by atoms with Crippen molar-refractivity contribution in [1.82, 2.24) is 15.8 Å². The smallest absolute Gasteiger partial charge is 0.306 e. The van der Waals surface area contributed by atoms with E-state index < -0.39 is 23.8 Å². The van der Waals surface area contributed by atoms with Crippen molar-refractivity contribution < 1.29 is 19.5 Å². The van der Waals surface area contributed by atoms with E-state index in [-0.39, 0.29) is 17.7 Å². The van der Waals surface area contributed by atoms with Gasteiger partial charge in [-0.25, -0.2) is 5.43 Å². The Morgan fingerprint density at radius 3 is 2.52 bits per heavy atom. The van der Waals surface area contributed by atoms with Crippen molar-refractivity contribution in [3.8, 4) is 0 Å². The van der Waals surface area contributed by atoms with Crippen molar-refractivity contribution in [3.63, 3.8) is 0 Å². The largest absolute Gasteiger partial charge is 0.481 e. The number of nitrogens with zero attached hydrogens (tertiary/aromatic N) is 1. The summed E-state index contributed by atoms with van der Waals surface area (Å²) in [5.74, 6) is -2.16. The molecule has 27 heavy (non-hydrogen) atoms. The molecule has 0 bridgehead atoms. The highest BCUT2D eigenvalue weighted by Crippen LogP contribution is 2.29. The van der Waals surface area contributed by atoms with Crippen molar-refractivity contribution in [3.05, 3.63) is 0 Å². The van der Waals surface area contributed by atoms with Crippen LogP contribution in [-0.4, -0.2) is 47.5 Å². The molecule has 7 heteroatoms. The third-order valence-electron chi connectivity index (χ3n) is 5.58. The third-order valence-corrected chi connectivity index (χ3v) is 5.58. The van der Waals surface area contributed by atoms with Crippen molar-refractivity contribution in [2.24, 2.45) is 17.8 Å². The molecule has 1 rings (SSSR count). The molecular weight excluding hydrogens is 346 g/mol. The summed E-state index contributed by atoms with van der Waals surface area (Å²) >= 11 is 0. The first-order valence-electron chi connectivity index (χ1n) is 10.3. The lowest BCUT2D eigenvalue weighted by molar-refractivity contribution is -0.153. The van der Waals surface area contributed by atoms with Gasteiger partial charge in [-0.3, -0.25) is 19.4 Å². The Labute approximate surface area is 163 Å². The molecule has 0 aliphatic carbocycles. The van der Waals surface area contributed by atoms with E-state index in [9.17, 15) is 19.5 Å². The van der Waals surface area contributed by atoms with Crippen LogP contribution in [0.25, 0.3) is 0 Å². The summed E-state index contributed by atoms with van der Waals surface area (Å²) in [5, 5.41) is 13.4. The zero-order valence-corrected chi connectivity index (χ0v) is 17.3. The van der Waals surface area contributed by atoms with Gasteiger partial charge in [-0.15, -0.1) is 0 Å². The molecule has 1 unspecified atom stereocenters. The number of nitrogens with one attached hydrogen (secondary N) is 2. The van der Waals surface area contributed by atoms with E-state index in [2.05, 4.69) is 17.7 Å². The Morgan fingerprint density at radius 2 is 1.93 bits per heavy atom. The maximum absolute atomic E-state index is 13.3. The van der Waals surface area contributed by atoms with E-state index in [1.165, 1.54) is 11.4 Å². The van der Waals surface area contributed by atoms with Gasteiger partial charge in [-0.2, -0.15) is 0 Å². The van der Waals surface area contributed by atoms with Crippen LogP contribution in [0.4, 0.5) is 0 Å². The summed E-state index contributed by atoms with van der Waals surface area (Å²) in [7, 11) is 1.57. The second-order valence-corrected chi connectivity index (χ2v) is 7.80. The summed E-state index contributed by atoms with van der Waals surface area (Å²) in [6.45, 7) is 6.48. The maximum Gasteiger partial charge on any atom is 0.306 e. The average molecular weight is 384 g/mol. The summed E-state index contributed by atoms with van der Waals surface area (Å²) in [6.07, 6.45) is 7.10. The van der Waals surface area contributed by atoms with E-state index >= 15 is 0 Å². The first kappa shape index (κ1) is 23.4. The normalized spacial score (nSPS) is 20.6. The predicted octanol–water partition coefficient (Wildman–Crippen LogP) is 2.56. The van der Waals surface area contributed by atoms with Crippen molar-refractivity contribution >= 4 is 17.8 Å². The molecule has 7 nitrogen and oxygen atoms in total. The number of aliphatic carboxylic acids is 1. The van der Waals surface area contributed by atoms with Crippen LogP contribution in [-0.2, 0) is 14.4 Å². The van der Waals surface area contributed by atoms with Gasteiger partial charge in [0.1, 0.15) is 6.04 Å². The van der Waals surface area contributed by atoms with Crippen LogP contribution in [0.3, 0.4) is 0 Å². The topological polar surface area (TPSA) is 98.7 Å². The Balaban J connectivity index is 2.92. The minimum absolute atomic E-state index is 0.0743. The fourth-order valence-corrected chi connectivity index (χ4v) is 3.71. The molecule has 1 heterocycles. The molecule has 1 aliphatic rings. The lowest BCUT2D eigenvalue weighted by Crippen LogP contribution is -2.60. The lowest BCUT2D eigenvalue weighted by Gasteiger charge is -2.38. The Morgan fingerprint density at radius 1 is 1.22 bits per heavy atom. The van der Waals surface area contributed by atoms with Crippen LogP contribution in [0, 0.1) is 17.8 Å². The van der Waals surface area contributed by atoms with Crippen molar-refractivity contribution in [2.45, 2.75) is 78.2 Å². The number of carboxylic acids is 1. The molecule has 1 aliphatic heterocycles. The molecule has 2 amide bonds. The predicted molar refractivity (Wildman–Crippen MR) is 105 cm³/mol. The number of amides is 2. The molecule has 1 saturated heterocycles. The highest BCUT2D eigenvalue weighted by atomic mass is 16.4. The number of likely N-dealkylation sites (N-methyl/N-ethyl adjacent to an activating group) is 1. The van der Waals surface area contributed by atoms with Gasteiger partial charge in [0.2, 0.25) is 11.8 Å². The fraction of sp³-hybridized carbons (Fsp3) is 0.850. The van der Waals surface area contributed by atoms with Crippen LogP contribution < -0.4 is 10.7 Å². The molecule has 0 aromatic heterocycles. The van der Waals surface area contributed by atoms with E-state index in [1.807, 2.05) is 6.92 Å². The van der Waals surface area contributed by atoms with E-state index in [4.69, 9.17) is 0 Å². The number of unbranched alkanes of at least 4 members (excludes halogenated alkanes) is 3. The summed E-state index contributed by atoms with van der Waals surface area (Å²) in [4.78, 5) is 36.9. The highest BCUT2D eigenvalue weighted by Gasteiger charge is 2.38. The quantitative estimate of drug-likeness (QED) is 0.476. The zero-order valence-electron chi connectivity index (χ0n) is 17.3.